The van der Waals surface area contributed by atoms with Gasteiger partial charge in [0.05, 0.1) is 0 Å². The van der Waals surface area contributed by atoms with Crippen LogP contribution >= 0.6 is 0 Å². The lowest BCUT2D eigenvalue weighted by Crippen LogP contribution is -2.61. The molecule has 0 saturated heterocycles. The SMILES string of the molecule is [2H]C([2H])([2H])c1cc2c3c(c1)N(c1ccc4c(c1)C(C)(C)c1ccccc1-4)c1cc(N(c4ccccc4)c4ccccc4)ccc1B3c1ccccc1N2c1ccc2c(c1)oc1ccccc12. The lowest BCUT2D eigenvalue weighted by molar-refractivity contribution is 0.660. The van der Waals surface area contributed by atoms with Gasteiger partial charge in [0.1, 0.15) is 11.2 Å². The lowest BCUT2D eigenvalue weighted by atomic mass is 9.33. The Labute approximate surface area is 372 Å². The molecule has 10 aromatic rings. The highest BCUT2D eigenvalue weighted by Crippen LogP contribution is 2.52. The number of aryl methyl sites for hydroxylation is 1. The van der Waals surface area contributed by atoms with Crippen molar-refractivity contribution < 1.29 is 8.53 Å². The zero-order valence-electron chi connectivity index (χ0n) is 37.9. The first-order valence-electron chi connectivity index (χ1n) is 23.2. The van der Waals surface area contributed by atoms with Crippen molar-refractivity contribution in [1.29, 1.82) is 0 Å². The minimum absolute atomic E-state index is 0.208. The standard InChI is InChI=1S/C58H42BN3O/c1-37-32-53-57-54(33-37)62(40-26-29-44-43-20-10-12-22-47(43)58(2,3)48(44)34-40)52-35-41(60(38-16-6-4-7-17-38)39-18-8-5-9-19-39)28-31-50(52)59(57)49-23-13-14-24-51(49)61(53)42-27-30-46-45-21-11-15-25-55(45)63-56(46)36-42/h4-36H,1-3H3/i1D3. The molecule has 5 heteroatoms. The van der Waals surface area contributed by atoms with Crippen LogP contribution in [0.5, 0.6) is 0 Å². The zero-order chi connectivity index (χ0) is 44.5. The van der Waals surface area contributed by atoms with Crippen molar-refractivity contribution in [3.8, 4) is 11.1 Å². The van der Waals surface area contributed by atoms with E-state index in [1.54, 1.807) is 0 Å². The molecular weight excluding hydrogens is 765 g/mol. The summed E-state index contributed by atoms with van der Waals surface area (Å²) < 4.78 is 33.5. The van der Waals surface area contributed by atoms with E-state index in [1.807, 2.05) is 42.5 Å². The van der Waals surface area contributed by atoms with Gasteiger partial charge in [0.15, 0.2) is 0 Å². The fourth-order valence-corrected chi connectivity index (χ4v) is 10.9. The first kappa shape index (κ1) is 32.9. The molecule has 63 heavy (non-hydrogen) atoms. The van der Waals surface area contributed by atoms with Gasteiger partial charge in [0.25, 0.3) is 6.71 Å². The van der Waals surface area contributed by atoms with Gasteiger partial charge in [-0.25, -0.2) is 0 Å². The Morgan fingerprint density at radius 1 is 0.476 bits per heavy atom. The summed E-state index contributed by atoms with van der Waals surface area (Å²) in [6, 6.07) is 70.3. The van der Waals surface area contributed by atoms with Crippen LogP contribution in [0.4, 0.5) is 51.2 Å². The van der Waals surface area contributed by atoms with Crippen LogP contribution in [0.3, 0.4) is 0 Å². The predicted octanol–water partition coefficient (Wildman–Crippen LogP) is 13.8. The van der Waals surface area contributed by atoms with Gasteiger partial charge >= 0.3 is 0 Å². The zero-order valence-corrected chi connectivity index (χ0v) is 34.9. The van der Waals surface area contributed by atoms with E-state index < -0.39 is 6.85 Å². The minimum atomic E-state index is -2.40. The predicted molar refractivity (Wildman–Crippen MR) is 265 cm³/mol. The second-order valence-corrected chi connectivity index (χ2v) is 17.5. The molecule has 1 aromatic heterocycles. The highest BCUT2D eigenvalue weighted by molar-refractivity contribution is 7.00. The maximum absolute atomic E-state index is 9.01. The summed E-state index contributed by atoms with van der Waals surface area (Å²) >= 11 is 0. The van der Waals surface area contributed by atoms with E-state index in [4.69, 9.17) is 8.53 Å². The molecule has 3 heterocycles. The van der Waals surface area contributed by atoms with Crippen LogP contribution in [-0.4, -0.2) is 6.71 Å². The van der Waals surface area contributed by atoms with Crippen molar-refractivity contribution in [2.45, 2.75) is 26.1 Å². The van der Waals surface area contributed by atoms with E-state index in [1.165, 1.54) is 22.3 Å². The molecule has 9 aromatic carbocycles. The number of anilines is 9. The van der Waals surface area contributed by atoms with Crippen molar-refractivity contribution in [2.75, 3.05) is 14.7 Å². The monoisotopic (exact) mass is 810 g/mol. The third kappa shape index (κ3) is 5.23. The summed E-state index contributed by atoms with van der Waals surface area (Å²) in [6.45, 7) is 2.00. The van der Waals surface area contributed by atoms with E-state index >= 15 is 0 Å². The molecule has 0 unspecified atom stereocenters. The molecule has 0 bridgehead atoms. The van der Waals surface area contributed by atoms with Gasteiger partial charge in [-0.3, -0.25) is 0 Å². The van der Waals surface area contributed by atoms with Crippen molar-refractivity contribution >= 4 is 96.2 Å². The molecule has 0 N–H and O–H groups in total. The second kappa shape index (κ2) is 13.4. The first-order valence-corrected chi connectivity index (χ1v) is 21.7. The van der Waals surface area contributed by atoms with Gasteiger partial charge in [-0.05, 0) is 136 Å². The number of hydrogen-bond acceptors (Lipinski definition) is 4. The van der Waals surface area contributed by atoms with Crippen LogP contribution in [0.2, 0.25) is 0 Å². The average molecular weight is 811 g/mol. The maximum Gasteiger partial charge on any atom is 0.252 e. The van der Waals surface area contributed by atoms with Gasteiger partial charge in [-0.2, -0.15) is 0 Å². The fourth-order valence-electron chi connectivity index (χ4n) is 10.9. The molecule has 2 aliphatic heterocycles. The molecule has 0 fully saturated rings. The van der Waals surface area contributed by atoms with E-state index in [2.05, 4.69) is 186 Å². The van der Waals surface area contributed by atoms with Crippen molar-refractivity contribution in [3.63, 3.8) is 0 Å². The molecule has 4 nitrogen and oxygen atoms in total. The average Bonchev–Trinajstić information content (AvgIpc) is 3.82. The molecule has 0 atom stereocenters. The third-order valence-corrected chi connectivity index (χ3v) is 13.7. The van der Waals surface area contributed by atoms with Crippen LogP contribution in [0.15, 0.2) is 205 Å². The Hall–Kier alpha value is -7.76. The normalized spacial score (nSPS) is 14.9. The second-order valence-electron chi connectivity index (χ2n) is 17.5. The quantitative estimate of drug-likeness (QED) is 0.162. The van der Waals surface area contributed by atoms with Gasteiger partial charge < -0.3 is 19.1 Å². The third-order valence-electron chi connectivity index (χ3n) is 13.7. The van der Waals surface area contributed by atoms with Gasteiger partial charge in [-0.1, -0.05) is 123 Å². The molecule has 3 aliphatic rings. The molecule has 13 rings (SSSR count). The van der Waals surface area contributed by atoms with Gasteiger partial charge in [0.2, 0.25) is 0 Å². The number of hydrogen-bond donors (Lipinski definition) is 0. The molecule has 0 spiro atoms. The van der Waals surface area contributed by atoms with Crippen LogP contribution < -0.4 is 31.1 Å². The minimum Gasteiger partial charge on any atom is -0.456 e. The number of fused-ring (bicyclic) bond motifs is 10. The van der Waals surface area contributed by atoms with E-state index in [-0.39, 0.29) is 17.7 Å². The van der Waals surface area contributed by atoms with E-state index in [0.717, 1.165) is 89.5 Å². The number of benzene rings is 9. The van der Waals surface area contributed by atoms with E-state index in [9.17, 15) is 0 Å². The first-order chi connectivity index (χ1) is 32.1. The molecule has 1 aliphatic carbocycles. The number of nitrogens with zero attached hydrogens (tertiary/aromatic N) is 3. The Bertz CT molecular complexity index is 3560. The highest BCUT2D eigenvalue weighted by atomic mass is 16.3. The maximum atomic E-state index is 9.01. The summed E-state index contributed by atoms with van der Waals surface area (Å²) in [5, 5.41) is 2.10. The highest BCUT2D eigenvalue weighted by Gasteiger charge is 2.44. The Balaban J connectivity index is 1.10. The van der Waals surface area contributed by atoms with E-state index in [0.29, 0.717) is 0 Å². The number of furan rings is 1. The van der Waals surface area contributed by atoms with Crippen LogP contribution in [-0.2, 0) is 5.41 Å². The summed E-state index contributed by atoms with van der Waals surface area (Å²) in [5.74, 6) is 0. The topological polar surface area (TPSA) is 22.9 Å². The van der Waals surface area contributed by atoms with Crippen molar-refractivity contribution in [3.05, 3.63) is 217 Å². The van der Waals surface area contributed by atoms with Crippen LogP contribution in [0.25, 0.3) is 33.1 Å². The molecule has 0 amide bonds. The Morgan fingerprint density at radius 2 is 1.10 bits per heavy atom. The largest absolute Gasteiger partial charge is 0.456 e. The summed E-state index contributed by atoms with van der Waals surface area (Å²) in [7, 11) is 0. The lowest BCUT2D eigenvalue weighted by Gasteiger charge is -2.44. The van der Waals surface area contributed by atoms with Crippen LogP contribution in [0, 0.1) is 6.85 Å². The molecule has 0 radical (unpaired) electrons. The summed E-state index contributed by atoms with van der Waals surface area (Å²) in [6.07, 6.45) is 0. The smallest absolute Gasteiger partial charge is 0.252 e. The van der Waals surface area contributed by atoms with Gasteiger partial charge in [0, 0.05) is 77.6 Å². The van der Waals surface area contributed by atoms with Crippen molar-refractivity contribution in [1.82, 2.24) is 0 Å². The molecular formula is C58H42BN3O. The van der Waals surface area contributed by atoms with Gasteiger partial charge in [-0.15, -0.1) is 0 Å². The molecule has 0 saturated carbocycles. The summed E-state index contributed by atoms with van der Waals surface area (Å²) in [5.41, 5.74) is 18.6. The van der Waals surface area contributed by atoms with Crippen molar-refractivity contribution in [2.24, 2.45) is 0 Å². The van der Waals surface area contributed by atoms with Crippen LogP contribution in [0.1, 0.15) is 34.7 Å². The Kier molecular flexibility index (Phi) is 6.99. The fraction of sp³-hybridized carbons (Fsp3) is 0.0690. The number of rotatable bonds is 5. The molecule has 298 valence electrons. The number of para-hydroxylation sites is 4. The summed E-state index contributed by atoms with van der Waals surface area (Å²) in [4.78, 5) is 6.88. The Morgan fingerprint density at radius 3 is 1.89 bits per heavy atom.